The van der Waals surface area contributed by atoms with Crippen LogP contribution in [-0.2, 0) is 24.2 Å². The SMILES string of the molecule is O=C(N/N=C\c1ccc2c3c(cccc13)CC2)c1ccc([C@H]2SCC(=O)N2Cc2ccccc2)cc1. The summed E-state index contributed by atoms with van der Waals surface area (Å²) in [4.78, 5) is 27.1. The van der Waals surface area contributed by atoms with Crippen molar-refractivity contribution in [1.29, 1.82) is 0 Å². The first kappa shape index (κ1) is 22.6. The van der Waals surface area contributed by atoms with Crippen molar-refractivity contribution >= 4 is 40.6 Å². The molecular weight excluding hydrogens is 466 g/mol. The minimum Gasteiger partial charge on any atom is -0.322 e. The maximum absolute atomic E-state index is 12.7. The molecule has 6 rings (SSSR count). The van der Waals surface area contributed by atoms with Crippen molar-refractivity contribution in [3.05, 3.63) is 118 Å². The predicted molar refractivity (Wildman–Crippen MR) is 145 cm³/mol. The zero-order chi connectivity index (χ0) is 24.5. The molecule has 1 heterocycles. The normalized spacial score (nSPS) is 16.8. The highest BCUT2D eigenvalue weighted by molar-refractivity contribution is 8.00. The number of thioether (sulfide) groups is 1. The second kappa shape index (κ2) is 9.63. The van der Waals surface area contributed by atoms with E-state index in [2.05, 4.69) is 40.9 Å². The van der Waals surface area contributed by atoms with Crippen LogP contribution in [0.25, 0.3) is 10.8 Å². The molecule has 1 fully saturated rings. The summed E-state index contributed by atoms with van der Waals surface area (Å²) < 4.78 is 0. The summed E-state index contributed by atoms with van der Waals surface area (Å²) >= 11 is 1.62. The van der Waals surface area contributed by atoms with Crippen LogP contribution < -0.4 is 5.43 Å². The standard InChI is InChI=1S/C30H25N3O2S/c34-27-19-36-30(33(27)18-20-5-2-1-3-6-20)24-14-12-23(13-15-24)29(35)32-31-17-25-16-11-22-10-9-21-7-4-8-26(25)28(21)22/h1-8,11-17,30H,9-10,18-19H2,(H,32,35)/b31-17-/t30-/m1/s1. The van der Waals surface area contributed by atoms with Crippen molar-refractivity contribution in [3.8, 4) is 0 Å². The van der Waals surface area contributed by atoms with Crippen molar-refractivity contribution in [1.82, 2.24) is 10.3 Å². The van der Waals surface area contributed by atoms with E-state index in [1.807, 2.05) is 47.4 Å². The van der Waals surface area contributed by atoms with Gasteiger partial charge in [-0.1, -0.05) is 72.8 Å². The number of carbonyl (C=O) groups is 2. The lowest BCUT2D eigenvalue weighted by Crippen LogP contribution is -2.27. The molecule has 0 bridgehead atoms. The van der Waals surface area contributed by atoms with E-state index >= 15 is 0 Å². The molecule has 1 atom stereocenters. The lowest BCUT2D eigenvalue weighted by molar-refractivity contribution is -0.128. The predicted octanol–water partition coefficient (Wildman–Crippen LogP) is 5.48. The van der Waals surface area contributed by atoms with Crippen molar-refractivity contribution in [2.75, 3.05) is 5.75 Å². The molecule has 1 aliphatic carbocycles. The molecule has 5 nitrogen and oxygen atoms in total. The first-order valence-electron chi connectivity index (χ1n) is 12.1. The van der Waals surface area contributed by atoms with Gasteiger partial charge in [0.1, 0.15) is 5.37 Å². The van der Waals surface area contributed by atoms with Crippen LogP contribution in [0.3, 0.4) is 0 Å². The van der Waals surface area contributed by atoms with Crippen molar-refractivity contribution in [2.24, 2.45) is 5.10 Å². The van der Waals surface area contributed by atoms with E-state index in [9.17, 15) is 9.59 Å². The van der Waals surface area contributed by atoms with Gasteiger partial charge in [-0.3, -0.25) is 9.59 Å². The highest BCUT2D eigenvalue weighted by Gasteiger charge is 2.32. The molecule has 0 radical (unpaired) electrons. The maximum Gasteiger partial charge on any atom is 0.271 e. The van der Waals surface area contributed by atoms with Gasteiger partial charge in [0.05, 0.1) is 12.0 Å². The highest BCUT2D eigenvalue weighted by atomic mass is 32.2. The van der Waals surface area contributed by atoms with Gasteiger partial charge in [-0.2, -0.15) is 5.10 Å². The van der Waals surface area contributed by atoms with Crippen molar-refractivity contribution in [2.45, 2.75) is 24.8 Å². The average Bonchev–Trinajstić information content (AvgIpc) is 3.50. The number of benzene rings is 4. The molecular formula is C30H25N3O2S. The number of nitrogens with zero attached hydrogens (tertiary/aromatic N) is 2. The Morgan fingerprint density at radius 1 is 0.944 bits per heavy atom. The molecule has 6 heteroatoms. The van der Waals surface area contributed by atoms with E-state index in [0.717, 1.165) is 29.5 Å². The van der Waals surface area contributed by atoms with Crippen LogP contribution in [0.4, 0.5) is 0 Å². The third kappa shape index (κ3) is 4.29. The molecule has 36 heavy (non-hydrogen) atoms. The Hall–Kier alpha value is -3.90. The van der Waals surface area contributed by atoms with Gasteiger partial charge in [0.15, 0.2) is 0 Å². The van der Waals surface area contributed by atoms with Gasteiger partial charge in [-0.15, -0.1) is 11.8 Å². The minimum absolute atomic E-state index is 0.0587. The fourth-order valence-corrected chi connectivity index (χ4v) is 6.28. The van der Waals surface area contributed by atoms with E-state index in [1.54, 1.807) is 30.1 Å². The number of rotatable bonds is 6. The third-order valence-corrected chi connectivity index (χ3v) is 8.16. The van der Waals surface area contributed by atoms with Gasteiger partial charge >= 0.3 is 0 Å². The maximum atomic E-state index is 12.7. The number of carbonyl (C=O) groups excluding carboxylic acids is 2. The molecule has 1 N–H and O–H groups in total. The largest absolute Gasteiger partial charge is 0.322 e. The first-order chi connectivity index (χ1) is 17.7. The number of hydrazone groups is 1. The fourth-order valence-electron chi connectivity index (χ4n) is 5.09. The summed E-state index contributed by atoms with van der Waals surface area (Å²) in [5, 5.41) is 6.68. The molecule has 4 aromatic rings. The van der Waals surface area contributed by atoms with Crippen LogP contribution in [-0.4, -0.2) is 28.7 Å². The molecule has 2 aliphatic rings. The summed E-state index contributed by atoms with van der Waals surface area (Å²) in [5.74, 6) is 0.332. The topological polar surface area (TPSA) is 61.8 Å². The lowest BCUT2D eigenvalue weighted by Gasteiger charge is -2.24. The monoisotopic (exact) mass is 491 g/mol. The van der Waals surface area contributed by atoms with Crippen LogP contribution in [0.5, 0.6) is 0 Å². The molecule has 2 amide bonds. The van der Waals surface area contributed by atoms with Gasteiger partial charge < -0.3 is 4.90 Å². The molecule has 0 aromatic heterocycles. The van der Waals surface area contributed by atoms with Crippen molar-refractivity contribution < 1.29 is 9.59 Å². The van der Waals surface area contributed by atoms with Crippen LogP contribution in [0.1, 0.15) is 43.5 Å². The van der Waals surface area contributed by atoms with E-state index in [1.165, 1.54) is 21.9 Å². The van der Waals surface area contributed by atoms with Gasteiger partial charge in [0, 0.05) is 17.7 Å². The summed E-state index contributed by atoms with van der Waals surface area (Å²) in [6.07, 6.45) is 3.88. The molecule has 4 aromatic carbocycles. The smallest absolute Gasteiger partial charge is 0.271 e. The number of amides is 2. The van der Waals surface area contributed by atoms with Gasteiger partial charge in [-0.05, 0) is 58.0 Å². The lowest BCUT2D eigenvalue weighted by atomic mass is 10.0. The van der Waals surface area contributed by atoms with Crippen LogP contribution >= 0.6 is 11.8 Å². The molecule has 0 unspecified atom stereocenters. The first-order valence-corrected chi connectivity index (χ1v) is 13.1. The van der Waals surface area contributed by atoms with E-state index in [0.29, 0.717) is 17.9 Å². The Kier molecular flexibility index (Phi) is 6.03. The van der Waals surface area contributed by atoms with Gasteiger partial charge in [-0.25, -0.2) is 5.43 Å². The number of hydrogen-bond donors (Lipinski definition) is 1. The summed E-state index contributed by atoms with van der Waals surface area (Å²) in [6, 6.07) is 28.1. The van der Waals surface area contributed by atoms with E-state index in [-0.39, 0.29) is 17.2 Å². The highest BCUT2D eigenvalue weighted by Crippen LogP contribution is 2.39. The number of nitrogens with one attached hydrogen (secondary N) is 1. The van der Waals surface area contributed by atoms with Crippen LogP contribution in [0.2, 0.25) is 0 Å². The molecule has 178 valence electrons. The summed E-state index contributed by atoms with van der Waals surface area (Å²) in [7, 11) is 0. The third-order valence-electron chi connectivity index (χ3n) is 6.90. The molecule has 0 saturated carbocycles. The van der Waals surface area contributed by atoms with Crippen LogP contribution in [0.15, 0.2) is 90.0 Å². The Bertz CT molecular complexity index is 1470. The van der Waals surface area contributed by atoms with E-state index < -0.39 is 0 Å². The Labute approximate surface area is 214 Å². The van der Waals surface area contributed by atoms with Gasteiger partial charge in [0.25, 0.3) is 5.91 Å². The Balaban J connectivity index is 1.14. The number of aryl methyl sites for hydroxylation is 2. The molecule has 0 spiro atoms. The Morgan fingerprint density at radius 2 is 1.72 bits per heavy atom. The number of hydrogen-bond acceptors (Lipinski definition) is 4. The molecule has 1 saturated heterocycles. The minimum atomic E-state index is -0.264. The summed E-state index contributed by atoms with van der Waals surface area (Å²) in [6.45, 7) is 0.575. The van der Waals surface area contributed by atoms with E-state index in [4.69, 9.17) is 0 Å². The summed E-state index contributed by atoms with van der Waals surface area (Å²) in [5.41, 5.74) is 9.05. The van der Waals surface area contributed by atoms with Crippen molar-refractivity contribution in [3.63, 3.8) is 0 Å². The van der Waals surface area contributed by atoms with Crippen LogP contribution in [0, 0.1) is 0 Å². The molecule has 1 aliphatic heterocycles. The zero-order valence-electron chi connectivity index (χ0n) is 19.7. The Morgan fingerprint density at radius 3 is 2.53 bits per heavy atom. The zero-order valence-corrected chi connectivity index (χ0v) is 20.5. The second-order valence-electron chi connectivity index (χ2n) is 9.15. The fraction of sp³-hybridized carbons (Fsp3) is 0.167. The van der Waals surface area contributed by atoms with Gasteiger partial charge in [0.2, 0.25) is 5.91 Å². The second-order valence-corrected chi connectivity index (χ2v) is 10.2. The quantitative estimate of drug-likeness (QED) is 0.287. The average molecular weight is 492 g/mol.